The number of para-hydroxylation sites is 2. The van der Waals surface area contributed by atoms with Crippen molar-refractivity contribution in [2.24, 2.45) is 0 Å². The van der Waals surface area contributed by atoms with E-state index in [0.717, 1.165) is 55.4 Å². The number of aromatic nitrogens is 3. The third-order valence-electron chi connectivity index (χ3n) is 8.85. The van der Waals surface area contributed by atoms with Crippen LogP contribution in [0.15, 0.2) is 164 Å². The summed E-state index contributed by atoms with van der Waals surface area (Å²) < 4.78 is 0. The first kappa shape index (κ1) is 26.2. The zero-order valence-electron chi connectivity index (χ0n) is 24.9. The number of rotatable bonds is 4. The average molecular weight is 586 g/mol. The summed E-state index contributed by atoms with van der Waals surface area (Å²) in [5.74, 6) is 0.713. The largest absolute Gasteiger partial charge is 0.247 e. The maximum Gasteiger partial charge on any atom is 0.160 e. The Labute approximate surface area is 266 Å². The van der Waals surface area contributed by atoms with Gasteiger partial charge in [-0.3, -0.25) is 0 Å². The van der Waals surface area contributed by atoms with Crippen molar-refractivity contribution in [1.29, 1.82) is 0 Å². The molecule has 46 heavy (non-hydrogen) atoms. The number of hydrogen-bond acceptors (Lipinski definition) is 3. The lowest BCUT2D eigenvalue weighted by molar-refractivity contribution is 1.23. The van der Waals surface area contributed by atoms with Gasteiger partial charge in [0.15, 0.2) is 5.82 Å². The lowest BCUT2D eigenvalue weighted by Crippen LogP contribution is -1.96. The maximum atomic E-state index is 5.19. The number of pyridine rings is 1. The number of nitrogens with zero attached hydrogens (tertiary/aromatic N) is 3. The van der Waals surface area contributed by atoms with Crippen LogP contribution in [0.3, 0.4) is 0 Å². The van der Waals surface area contributed by atoms with Gasteiger partial charge in [0.2, 0.25) is 0 Å². The average Bonchev–Trinajstić information content (AvgIpc) is 3.14. The van der Waals surface area contributed by atoms with Crippen molar-refractivity contribution in [1.82, 2.24) is 15.0 Å². The molecular weight excluding hydrogens is 558 g/mol. The first-order valence-electron chi connectivity index (χ1n) is 15.5. The van der Waals surface area contributed by atoms with Crippen LogP contribution in [0.5, 0.6) is 0 Å². The molecule has 0 amide bonds. The predicted octanol–water partition coefficient (Wildman–Crippen LogP) is 11.2. The first-order chi connectivity index (χ1) is 22.8. The second-order valence-corrected chi connectivity index (χ2v) is 11.6. The normalized spacial score (nSPS) is 11.5. The lowest BCUT2D eigenvalue weighted by atomic mass is 9.94. The molecule has 0 aliphatic carbocycles. The van der Waals surface area contributed by atoms with E-state index in [-0.39, 0.29) is 0 Å². The lowest BCUT2D eigenvalue weighted by Gasteiger charge is -2.13. The van der Waals surface area contributed by atoms with Crippen LogP contribution < -0.4 is 0 Å². The van der Waals surface area contributed by atoms with Gasteiger partial charge in [0.1, 0.15) is 0 Å². The molecule has 0 spiro atoms. The summed E-state index contributed by atoms with van der Waals surface area (Å²) in [5.41, 5.74) is 9.23. The minimum atomic E-state index is 0.713. The zero-order chi connectivity index (χ0) is 30.5. The second kappa shape index (κ2) is 10.8. The Hall–Kier alpha value is -6.19. The molecular formula is C43H27N3. The van der Waals surface area contributed by atoms with Gasteiger partial charge in [-0.25, -0.2) is 15.0 Å². The van der Waals surface area contributed by atoms with E-state index in [9.17, 15) is 0 Å². The van der Waals surface area contributed by atoms with Crippen molar-refractivity contribution in [2.45, 2.75) is 0 Å². The van der Waals surface area contributed by atoms with Crippen LogP contribution in [-0.2, 0) is 0 Å². The van der Waals surface area contributed by atoms with E-state index < -0.39 is 0 Å². The summed E-state index contributed by atoms with van der Waals surface area (Å²) in [4.78, 5) is 15.4. The Kier molecular flexibility index (Phi) is 6.14. The van der Waals surface area contributed by atoms with E-state index in [1.165, 1.54) is 27.1 Å². The summed E-state index contributed by atoms with van der Waals surface area (Å²) in [7, 11) is 0. The molecule has 9 aromatic rings. The molecule has 0 aliphatic heterocycles. The standard InChI is InChI=1S/C43H27N3/c1-2-11-28(12-3-1)32-14-10-15-33(27-32)43-45-39-20-9-7-18-36(39)41(46-43)30-21-23-31(24-22-30)42-37-26-25-29-13-4-5-16-34(29)40(37)35-17-6-8-19-38(35)44-42/h1-27H. The Morgan fingerprint density at radius 3 is 1.67 bits per heavy atom. The second-order valence-electron chi connectivity index (χ2n) is 11.6. The van der Waals surface area contributed by atoms with Crippen molar-refractivity contribution in [2.75, 3.05) is 0 Å². The highest BCUT2D eigenvalue weighted by atomic mass is 14.9. The molecule has 0 atom stereocenters. The van der Waals surface area contributed by atoms with Crippen LogP contribution in [0.1, 0.15) is 0 Å². The smallest absolute Gasteiger partial charge is 0.160 e. The van der Waals surface area contributed by atoms with E-state index in [1.54, 1.807) is 0 Å². The number of benzene rings is 7. The van der Waals surface area contributed by atoms with Gasteiger partial charge in [-0.05, 0) is 40.1 Å². The van der Waals surface area contributed by atoms with E-state index >= 15 is 0 Å². The highest BCUT2D eigenvalue weighted by Crippen LogP contribution is 2.38. The zero-order valence-corrected chi connectivity index (χ0v) is 24.9. The minimum Gasteiger partial charge on any atom is -0.247 e. The van der Waals surface area contributed by atoms with Gasteiger partial charge in [0.05, 0.1) is 22.4 Å². The van der Waals surface area contributed by atoms with Crippen molar-refractivity contribution < 1.29 is 0 Å². The van der Waals surface area contributed by atoms with Crippen LogP contribution >= 0.6 is 0 Å². The molecule has 0 saturated carbocycles. The maximum absolute atomic E-state index is 5.19. The Morgan fingerprint density at radius 2 is 0.891 bits per heavy atom. The van der Waals surface area contributed by atoms with Gasteiger partial charge in [-0.1, -0.05) is 146 Å². The third kappa shape index (κ3) is 4.41. The van der Waals surface area contributed by atoms with Crippen molar-refractivity contribution in [3.05, 3.63) is 164 Å². The first-order valence-corrected chi connectivity index (χ1v) is 15.5. The van der Waals surface area contributed by atoms with Gasteiger partial charge in [-0.2, -0.15) is 0 Å². The van der Waals surface area contributed by atoms with Gasteiger partial charge >= 0.3 is 0 Å². The fourth-order valence-electron chi connectivity index (χ4n) is 6.62. The Balaban J connectivity index is 1.19. The highest BCUT2D eigenvalue weighted by Gasteiger charge is 2.15. The molecule has 0 unspecified atom stereocenters. The molecule has 2 heterocycles. The SMILES string of the molecule is c1ccc(-c2cccc(-c3nc(-c4ccc(-c5nc6ccccc6c6c5ccc5ccccc56)cc4)c4ccccc4n3)c2)cc1. The summed E-state index contributed by atoms with van der Waals surface area (Å²) in [6.07, 6.45) is 0. The van der Waals surface area contributed by atoms with Gasteiger partial charge < -0.3 is 0 Å². The molecule has 7 aromatic carbocycles. The van der Waals surface area contributed by atoms with Crippen LogP contribution in [0.4, 0.5) is 0 Å². The predicted molar refractivity (Wildman–Crippen MR) is 192 cm³/mol. The Bertz CT molecular complexity index is 2560. The van der Waals surface area contributed by atoms with Crippen molar-refractivity contribution in [3.8, 4) is 45.0 Å². The van der Waals surface area contributed by atoms with Crippen molar-refractivity contribution >= 4 is 43.4 Å². The quantitative estimate of drug-likeness (QED) is 0.193. The summed E-state index contributed by atoms with van der Waals surface area (Å²) in [5, 5.41) is 7.07. The molecule has 0 radical (unpaired) electrons. The number of hydrogen-bond donors (Lipinski definition) is 0. The summed E-state index contributed by atoms with van der Waals surface area (Å²) in [6, 6.07) is 57.3. The van der Waals surface area contributed by atoms with E-state index in [1.807, 2.05) is 12.1 Å². The molecule has 3 nitrogen and oxygen atoms in total. The molecule has 0 aliphatic rings. The molecule has 0 N–H and O–H groups in total. The van der Waals surface area contributed by atoms with E-state index in [2.05, 4.69) is 152 Å². The molecule has 0 bridgehead atoms. The van der Waals surface area contributed by atoms with Gasteiger partial charge in [-0.15, -0.1) is 0 Å². The van der Waals surface area contributed by atoms with Crippen LogP contribution in [0, 0.1) is 0 Å². The van der Waals surface area contributed by atoms with E-state index in [4.69, 9.17) is 15.0 Å². The molecule has 3 heteroatoms. The fourth-order valence-corrected chi connectivity index (χ4v) is 6.62. The number of fused-ring (bicyclic) bond motifs is 6. The monoisotopic (exact) mass is 585 g/mol. The fraction of sp³-hybridized carbons (Fsp3) is 0. The van der Waals surface area contributed by atoms with Crippen LogP contribution in [0.2, 0.25) is 0 Å². The Morgan fingerprint density at radius 1 is 0.304 bits per heavy atom. The molecule has 9 rings (SSSR count). The molecule has 2 aromatic heterocycles. The third-order valence-corrected chi connectivity index (χ3v) is 8.85. The minimum absolute atomic E-state index is 0.713. The van der Waals surface area contributed by atoms with Crippen LogP contribution in [-0.4, -0.2) is 15.0 Å². The van der Waals surface area contributed by atoms with Crippen molar-refractivity contribution in [3.63, 3.8) is 0 Å². The summed E-state index contributed by atoms with van der Waals surface area (Å²) >= 11 is 0. The van der Waals surface area contributed by atoms with Crippen LogP contribution in [0.25, 0.3) is 88.4 Å². The molecule has 0 saturated heterocycles. The van der Waals surface area contributed by atoms with Gasteiger partial charge in [0.25, 0.3) is 0 Å². The summed E-state index contributed by atoms with van der Waals surface area (Å²) in [6.45, 7) is 0. The highest BCUT2D eigenvalue weighted by molar-refractivity contribution is 6.22. The molecule has 0 fully saturated rings. The molecule has 214 valence electrons. The van der Waals surface area contributed by atoms with Gasteiger partial charge in [0, 0.05) is 38.2 Å². The topological polar surface area (TPSA) is 38.7 Å². The van der Waals surface area contributed by atoms with E-state index in [0.29, 0.717) is 5.82 Å².